The molecule has 5 rings (SSSR count). The van der Waals surface area contributed by atoms with Gasteiger partial charge in [-0.05, 0) is 49.2 Å². The van der Waals surface area contributed by atoms with Gasteiger partial charge in [0, 0.05) is 17.7 Å². The number of nitrogens with two attached hydrogens (primary N) is 1. The number of nitrogens with zero attached hydrogens (tertiary/aromatic N) is 2. The van der Waals surface area contributed by atoms with Crippen molar-refractivity contribution in [1.29, 1.82) is 0 Å². The molecule has 5 heterocycles. The Hall–Kier alpha value is -2.20. The first kappa shape index (κ1) is 20.7. The molecule has 2 aliphatic rings. The lowest BCUT2D eigenvalue weighted by molar-refractivity contribution is 0.194. The maximum absolute atomic E-state index is 13.3. The molecule has 1 saturated heterocycles. The second-order valence-corrected chi connectivity index (χ2v) is 11.8. The maximum atomic E-state index is 13.3. The van der Waals surface area contributed by atoms with E-state index in [4.69, 9.17) is 26.5 Å². The monoisotopic (exact) mass is 477 g/mol. The van der Waals surface area contributed by atoms with Gasteiger partial charge in [-0.15, -0.1) is 11.3 Å². The normalized spacial score (nSPS) is 27.5. The summed E-state index contributed by atoms with van der Waals surface area (Å²) in [5, 5.41) is 0.462. The second-order valence-electron chi connectivity index (χ2n) is 8.02. The van der Waals surface area contributed by atoms with Gasteiger partial charge in [0.1, 0.15) is 17.1 Å². The molecule has 0 aromatic carbocycles. The molecule has 3 aromatic rings. The van der Waals surface area contributed by atoms with Crippen molar-refractivity contribution in [1.82, 2.24) is 4.98 Å². The third-order valence-electron chi connectivity index (χ3n) is 5.88. The Morgan fingerprint density at radius 1 is 1.29 bits per heavy atom. The van der Waals surface area contributed by atoms with Crippen molar-refractivity contribution in [3.63, 3.8) is 0 Å². The summed E-state index contributed by atoms with van der Waals surface area (Å²) in [5.74, 6) is 0.600. The molecule has 2 aliphatic heterocycles. The third-order valence-corrected chi connectivity index (χ3v) is 10.4. The summed E-state index contributed by atoms with van der Waals surface area (Å²) >= 11 is 8.00. The molecule has 1 fully saturated rings. The highest BCUT2D eigenvalue weighted by atomic mass is 35.5. The van der Waals surface area contributed by atoms with Gasteiger partial charge in [-0.1, -0.05) is 11.6 Å². The fraction of sp³-hybridized carbons (Fsp3) is 0.333. The Kier molecular flexibility index (Phi) is 4.78. The van der Waals surface area contributed by atoms with Gasteiger partial charge < -0.3 is 14.9 Å². The van der Waals surface area contributed by atoms with Crippen molar-refractivity contribution in [2.75, 3.05) is 19.0 Å². The summed E-state index contributed by atoms with van der Waals surface area (Å²) in [6, 6.07) is 9.26. The molecule has 2 atom stereocenters. The van der Waals surface area contributed by atoms with E-state index in [2.05, 4.69) is 9.98 Å². The molecule has 0 bridgehead atoms. The summed E-state index contributed by atoms with van der Waals surface area (Å²) in [5.41, 5.74) is 6.78. The van der Waals surface area contributed by atoms with Crippen LogP contribution in [0, 0.1) is 0 Å². The van der Waals surface area contributed by atoms with Crippen LogP contribution >= 0.6 is 22.9 Å². The highest BCUT2D eigenvalue weighted by molar-refractivity contribution is 7.93. The molecule has 0 saturated carbocycles. The molecular formula is C21H20ClN3O4S2. The number of hydrogen-bond donors (Lipinski definition) is 1. The summed E-state index contributed by atoms with van der Waals surface area (Å²) in [6.45, 7) is 2.18. The van der Waals surface area contributed by atoms with Crippen molar-refractivity contribution < 1.29 is 17.6 Å². The minimum atomic E-state index is -3.59. The Morgan fingerprint density at radius 2 is 2.13 bits per heavy atom. The van der Waals surface area contributed by atoms with E-state index in [-0.39, 0.29) is 18.2 Å². The van der Waals surface area contributed by atoms with Crippen molar-refractivity contribution in [2.24, 2.45) is 10.7 Å². The van der Waals surface area contributed by atoms with Gasteiger partial charge in [-0.25, -0.2) is 8.42 Å². The number of aliphatic imine (C=N–C) groups is 1. The molecule has 3 aromatic heterocycles. The largest absolute Gasteiger partial charge is 0.463 e. The lowest BCUT2D eigenvalue weighted by Crippen LogP contribution is -2.58. The fourth-order valence-corrected chi connectivity index (χ4v) is 8.17. The van der Waals surface area contributed by atoms with Crippen LogP contribution in [0.3, 0.4) is 0 Å². The minimum absolute atomic E-state index is 0.0523. The average molecular weight is 478 g/mol. The summed E-state index contributed by atoms with van der Waals surface area (Å²) in [4.78, 5) is 10.6. The maximum Gasteiger partial charge on any atom is 0.168 e. The zero-order chi connectivity index (χ0) is 21.9. The molecule has 31 heavy (non-hydrogen) atoms. The number of hydrogen-bond acceptors (Lipinski definition) is 8. The van der Waals surface area contributed by atoms with Crippen molar-refractivity contribution >= 4 is 38.6 Å². The first-order valence-electron chi connectivity index (χ1n) is 9.70. The van der Waals surface area contributed by atoms with E-state index in [9.17, 15) is 8.42 Å². The van der Waals surface area contributed by atoms with Crippen molar-refractivity contribution in [2.45, 2.75) is 23.6 Å². The zero-order valence-corrected chi connectivity index (χ0v) is 19.1. The number of ether oxygens (including phenoxy) is 1. The van der Waals surface area contributed by atoms with Gasteiger partial charge in [-0.3, -0.25) is 9.98 Å². The number of pyridine rings is 1. The van der Waals surface area contributed by atoms with Crippen LogP contribution in [-0.2, 0) is 20.1 Å². The smallest absolute Gasteiger partial charge is 0.168 e. The van der Waals surface area contributed by atoms with Gasteiger partial charge in [0.15, 0.2) is 20.3 Å². The standard InChI is InChI=1S/C21H20ClN3O4S2/c1-20(12-31(26,27)21(19(23)25-20)5-8-28-11-21)18-14(22)10-17(30-18)13-4-6-24-15(9-13)16-3-2-7-29-16/h2-4,6-7,9-10H,5,8,11-12H2,1H3,(H2,23,25). The summed E-state index contributed by atoms with van der Waals surface area (Å²) in [7, 11) is -3.59. The van der Waals surface area contributed by atoms with Gasteiger partial charge in [0.05, 0.1) is 28.5 Å². The number of rotatable bonds is 3. The first-order chi connectivity index (χ1) is 14.7. The zero-order valence-electron chi connectivity index (χ0n) is 16.7. The van der Waals surface area contributed by atoms with E-state index >= 15 is 0 Å². The predicted octanol–water partition coefficient (Wildman–Crippen LogP) is 3.88. The van der Waals surface area contributed by atoms with Crippen LogP contribution in [0.2, 0.25) is 5.02 Å². The SMILES string of the molecule is CC1(c2sc(-c3ccnc(-c4ccco4)c3)cc2Cl)CS(=O)(=O)C2(CCOC2)C(N)=N1. The number of aromatic nitrogens is 1. The van der Waals surface area contributed by atoms with E-state index in [0.29, 0.717) is 34.4 Å². The molecule has 0 aliphatic carbocycles. The molecule has 162 valence electrons. The molecule has 0 amide bonds. The fourth-order valence-electron chi connectivity index (χ4n) is 4.20. The predicted molar refractivity (Wildman–Crippen MR) is 121 cm³/mol. The molecule has 10 heteroatoms. The number of sulfone groups is 1. The number of furan rings is 1. The number of halogens is 1. The van der Waals surface area contributed by atoms with E-state index in [1.165, 1.54) is 11.3 Å². The van der Waals surface area contributed by atoms with E-state index in [1.807, 2.05) is 24.3 Å². The number of thiophene rings is 1. The molecule has 0 radical (unpaired) electrons. The Labute approximate surface area is 188 Å². The minimum Gasteiger partial charge on any atom is -0.463 e. The van der Waals surface area contributed by atoms with Gasteiger partial charge in [0.25, 0.3) is 0 Å². The van der Waals surface area contributed by atoms with E-state index < -0.39 is 20.1 Å². The van der Waals surface area contributed by atoms with Crippen LogP contribution in [0.4, 0.5) is 0 Å². The molecule has 2 N–H and O–H groups in total. The van der Waals surface area contributed by atoms with Crippen molar-refractivity contribution in [3.05, 3.63) is 52.7 Å². The average Bonchev–Trinajstić information content (AvgIpc) is 3.47. The van der Waals surface area contributed by atoms with Gasteiger partial charge in [0.2, 0.25) is 0 Å². The second kappa shape index (κ2) is 7.16. The lowest BCUT2D eigenvalue weighted by atomic mass is 10.0. The summed E-state index contributed by atoms with van der Waals surface area (Å²) < 4.78 is 36.1. The number of amidine groups is 1. The Bertz CT molecular complexity index is 1280. The first-order valence-corrected chi connectivity index (χ1v) is 12.5. The molecule has 1 spiro atoms. The topological polar surface area (TPSA) is 108 Å². The van der Waals surface area contributed by atoms with Crippen LogP contribution in [0.25, 0.3) is 21.9 Å². The Balaban J connectivity index is 1.56. The highest BCUT2D eigenvalue weighted by Gasteiger charge is 2.57. The van der Waals surface area contributed by atoms with Crippen LogP contribution in [0.1, 0.15) is 18.2 Å². The van der Waals surface area contributed by atoms with Crippen LogP contribution in [0.5, 0.6) is 0 Å². The van der Waals surface area contributed by atoms with Crippen molar-refractivity contribution in [3.8, 4) is 21.9 Å². The van der Waals surface area contributed by atoms with Gasteiger partial charge in [-0.2, -0.15) is 0 Å². The van der Waals surface area contributed by atoms with Gasteiger partial charge >= 0.3 is 0 Å². The lowest BCUT2D eigenvalue weighted by Gasteiger charge is -2.38. The van der Waals surface area contributed by atoms with Crippen LogP contribution in [0.15, 0.2) is 52.2 Å². The third kappa shape index (κ3) is 3.22. The molecular weight excluding hydrogens is 458 g/mol. The van der Waals surface area contributed by atoms with E-state index in [1.54, 1.807) is 25.5 Å². The van der Waals surface area contributed by atoms with Crippen LogP contribution in [-0.4, -0.2) is 43.0 Å². The van der Waals surface area contributed by atoms with Crippen LogP contribution < -0.4 is 5.73 Å². The highest BCUT2D eigenvalue weighted by Crippen LogP contribution is 2.47. The molecule has 7 nitrogen and oxygen atoms in total. The summed E-state index contributed by atoms with van der Waals surface area (Å²) in [6.07, 6.45) is 3.63. The van der Waals surface area contributed by atoms with E-state index in [0.717, 1.165) is 10.4 Å². The quantitative estimate of drug-likeness (QED) is 0.613. The Morgan fingerprint density at radius 3 is 2.81 bits per heavy atom. The molecule has 2 unspecified atom stereocenters.